The van der Waals surface area contributed by atoms with E-state index in [2.05, 4.69) is 32.6 Å². The fraction of sp³-hybridized carbons (Fsp3) is 0.933. The van der Waals surface area contributed by atoms with Gasteiger partial charge in [-0.15, -0.1) is 0 Å². The smallest absolute Gasteiger partial charge is 0.308 e. The van der Waals surface area contributed by atoms with E-state index in [1.54, 1.807) is 0 Å². The van der Waals surface area contributed by atoms with Crippen molar-refractivity contribution in [3.8, 4) is 0 Å². The predicted octanol–water partition coefficient (Wildman–Crippen LogP) is 3.24. The Morgan fingerprint density at radius 3 is 2.56 bits per heavy atom. The van der Waals surface area contributed by atoms with Crippen LogP contribution in [0.5, 0.6) is 0 Å². The molecule has 0 bridgehead atoms. The average Bonchev–Trinajstić information content (AvgIpc) is 2.35. The highest BCUT2D eigenvalue weighted by Gasteiger charge is 2.36. The summed E-state index contributed by atoms with van der Waals surface area (Å²) in [5.74, 6) is 0.549. The highest BCUT2D eigenvalue weighted by Crippen LogP contribution is 2.32. The molecule has 0 saturated heterocycles. The Bertz CT molecular complexity index is 267. The topological polar surface area (TPSA) is 40.5 Å². The fourth-order valence-corrected chi connectivity index (χ4v) is 3.07. The van der Waals surface area contributed by atoms with Gasteiger partial charge in [0, 0.05) is 12.6 Å². The molecule has 4 unspecified atom stereocenters. The van der Waals surface area contributed by atoms with Crippen molar-refractivity contribution in [2.45, 2.75) is 59.4 Å². The Morgan fingerprint density at radius 1 is 1.39 bits per heavy atom. The molecule has 1 aliphatic carbocycles. The van der Waals surface area contributed by atoms with Gasteiger partial charge in [-0.2, -0.15) is 0 Å². The summed E-state index contributed by atoms with van der Waals surface area (Å²) in [5, 5.41) is 9.40. The fourth-order valence-electron chi connectivity index (χ4n) is 3.07. The summed E-state index contributed by atoms with van der Waals surface area (Å²) in [7, 11) is 0. The van der Waals surface area contributed by atoms with Crippen LogP contribution in [0.2, 0.25) is 0 Å². The van der Waals surface area contributed by atoms with Crippen molar-refractivity contribution in [2.75, 3.05) is 13.1 Å². The van der Waals surface area contributed by atoms with Gasteiger partial charge in [0.2, 0.25) is 0 Å². The van der Waals surface area contributed by atoms with Gasteiger partial charge in [-0.05, 0) is 37.6 Å². The molecule has 1 rings (SSSR count). The van der Waals surface area contributed by atoms with Crippen molar-refractivity contribution in [1.29, 1.82) is 0 Å². The minimum atomic E-state index is -0.602. The van der Waals surface area contributed by atoms with Crippen molar-refractivity contribution in [1.82, 2.24) is 4.90 Å². The predicted molar refractivity (Wildman–Crippen MR) is 74.6 cm³/mol. The van der Waals surface area contributed by atoms with Gasteiger partial charge in [0.05, 0.1) is 5.92 Å². The summed E-state index contributed by atoms with van der Waals surface area (Å²) in [5.41, 5.74) is 0. The molecule has 0 heterocycles. The van der Waals surface area contributed by atoms with Gasteiger partial charge in [-0.25, -0.2) is 0 Å². The van der Waals surface area contributed by atoms with E-state index < -0.39 is 5.97 Å². The monoisotopic (exact) mass is 255 g/mol. The molecule has 1 saturated carbocycles. The van der Waals surface area contributed by atoms with Crippen LogP contribution in [0.4, 0.5) is 0 Å². The molecule has 0 aromatic carbocycles. The van der Waals surface area contributed by atoms with Gasteiger partial charge in [0.15, 0.2) is 0 Å². The van der Waals surface area contributed by atoms with Crippen molar-refractivity contribution in [3.05, 3.63) is 0 Å². The highest BCUT2D eigenvalue weighted by atomic mass is 16.4. The highest BCUT2D eigenvalue weighted by molar-refractivity contribution is 5.71. The van der Waals surface area contributed by atoms with Crippen LogP contribution in [-0.2, 0) is 4.79 Å². The lowest BCUT2D eigenvalue weighted by Gasteiger charge is -2.41. The zero-order chi connectivity index (χ0) is 13.7. The van der Waals surface area contributed by atoms with Crippen LogP contribution in [0.15, 0.2) is 0 Å². The molecule has 0 amide bonds. The van der Waals surface area contributed by atoms with Crippen molar-refractivity contribution < 1.29 is 9.90 Å². The number of carbonyl (C=O) groups is 1. The number of aliphatic carboxylic acids is 1. The first-order valence-corrected chi connectivity index (χ1v) is 7.46. The second-order valence-electron chi connectivity index (χ2n) is 6.03. The van der Waals surface area contributed by atoms with E-state index in [1.165, 1.54) is 0 Å². The van der Waals surface area contributed by atoms with E-state index in [1.807, 2.05) is 0 Å². The molecule has 3 heteroatoms. The lowest BCUT2D eigenvalue weighted by Crippen LogP contribution is -2.48. The number of hydrogen-bond donors (Lipinski definition) is 1. The molecule has 1 fully saturated rings. The summed E-state index contributed by atoms with van der Waals surface area (Å²) in [6.07, 6.45) is 4.12. The molecular formula is C15H29NO2. The number of nitrogens with zero attached hydrogens (tertiary/aromatic N) is 1. The Morgan fingerprint density at radius 2 is 2.06 bits per heavy atom. The van der Waals surface area contributed by atoms with Gasteiger partial charge >= 0.3 is 5.97 Å². The maximum absolute atomic E-state index is 11.4. The maximum Gasteiger partial charge on any atom is 0.308 e. The minimum absolute atomic E-state index is 0.162. The van der Waals surface area contributed by atoms with Crippen LogP contribution in [0.25, 0.3) is 0 Å². The second-order valence-corrected chi connectivity index (χ2v) is 6.03. The van der Waals surface area contributed by atoms with Crippen molar-refractivity contribution in [3.63, 3.8) is 0 Å². The van der Waals surface area contributed by atoms with Crippen LogP contribution in [0.3, 0.4) is 0 Å². The average molecular weight is 255 g/mol. The first-order chi connectivity index (χ1) is 8.49. The first kappa shape index (κ1) is 15.5. The number of hydrogen-bond acceptors (Lipinski definition) is 2. The number of carboxylic acid groups (broad SMARTS) is 1. The standard InChI is InChI=1S/C15H29NO2/c1-5-11(3)10-16(6-2)14-9-12(4)7-8-13(14)15(17)18/h11-14H,5-10H2,1-4H3,(H,17,18). The third kappa shape index (κ3) is 3.98. The molecule has 1 aliphatic rings. The van der Waals surface area contributed by atoms with E-state index in [4.69, 9.17) is 0 Å². The molecular weight excluding hydrogens is 226 g/mol. The second kappa shape index (κ2) is 7.13. The number of carboxylic acids is 1. The summed E-state index contributed by atoms with van der Waals surface area (Å²) in [6.45, 7) is 10.9. The molecule has 18 heavy (non-hydrogen) atoms. The Labute approximate surface area is 112 Å². The Hall–Kier alpha value is -0.570. The van der Waals surface area contributed by atoms with Crippen molar-refractivity contribution >= 4 is 5.97 Å². The third-order valence-electron chi connectivity index (χ3n) is 4.51. The first-order valence-electron chi connectivity index (χ1n) is 7.46. The normalized spacial score (nSPS) is 30.4. The Kier molecular flexibility index (Phi) is 6.13. The van der Waals surface area contributed by atoms with Gasteiger partial charge in [0.25, 0.3) is 0 Å². The molecule has 0 aromatic heterocycles. The maximum atomic E-state index is 11.4. The van der Waals surface area contributed by atoms with Crippen LogP contribution >= 0.6 is 0 Å². The molecule has 1 N–H and O–H groups in total. The lowest BCUT2D eigenvalue weighted by molar-refractivity contribution is -0.146. The van der Waals surface area contributed by atoms with Gasteiger partial charge < -0.3 is 5.11 Å². The molecule has 106 valence electrons. The number of rotatable bonds is 6. The van der Waals surface area contributed by atoms with Gasteiger partial charge in [-0.1, -0.05) is 34.1 Å². The lowest BCUT2D eigenvalue weighted by atomic mass is 9.78. The summed E-state index contributed by atoms with van der Waals surface area (Å²) in [4.78, 5) is 13.8. The summed E-state index contributed by atoms with van der Waals surface area (Å²) < 4.78 is 0. The largest absolute Gasteiger partial charge is 0.481 e. The Balaban J connectivity index is 2.74. The molecule has 0 aromatic rings. The molecule has 4 atom stereocenters. The van der Waals surface area contributed by atoms with E-state index in [9.17, 15) is 9.90 Å². The van der Waals surface area contributed by atoms with Crippen molar-refractivity contribution in [2.24, 2.45) is 17.8 Å². The van der Waals surface area contributed by atoms with E-state index in [0.29, 0.717) is 11.8 Å². The molecule has 0 radical (unpaired) electrons. The van der Waals surface area contributed by atoms with E-state index >= 15 is 0 Å². The third-order valence-corrected chi connectivity index (χ3v) is 4.51. The van der Waals surface area contributed by atoms with E-state index in [0.717, 1.165) is 38.8 Å². The molecule has 0 aliphatic heterocycles. The SMILES string of the molecule is CCC(C)CN(CC)C1CC(C)CCC1C(=O)O. The van der Waals surface area contributed by atoms with E-state index in [-0.39, 0.29) is 12.0 Å². The zero-order valence-corrected chi connectivity index (χ0v) is 12.4. The van der Waals surface area contributed by atoms with Gasteiger partial charge in [-0.3, -0.25) is 9.69 Å². The molecule has 0 spiro atoms. The molecule has 3 nitrogen and oxygen atoms in total. The van der Waals surface area contributed by atoms with Crippen LogP contribution < -0.4 is 0 Å². The van der Waals surface area contributed by atoms with Crippen LogP contribution in [-0.4, -0.2) is 35.1 Å². The quantitative estimate of drug-likeness (QED) is 0.792. The zero-order valence-electron chi connectivity index (χ0n) is 12.4. The van der Waals surface area contributed by atoms with Crippen LogP contribution in [0.1, 0.15) is 53.4 Å². The van der Waals surface area contributed by atoms with Gasteiger partial charge in [0.1, 0.15) is 0 Å². The minimum Gasteiger partial charge on any atom is -0.481 e. The van der Waals surface area contributed by atoms with Crippen LogP contribution in [0, 0.1) is 17.8 Å². The summed E-state index contributed by atoms with van der Waals surface area (Å²) >= 11 is 0. The summed E-state index contributed by atoms with van der Waals surface area (Å²) in [6, 6.07) is 0.241.